The predicted octanol–water partition coefficient (Wildman–Crippen LogP) is 4.02. The first kappa shape index (κ1) is 19.3. The topological polar surface area (TPSA) is 75.3 Å². The number of thiophene rings is 2. The van der Waals surface area contributed by atoms with Crippen LogP contribution in [-0.4, -0.2) is 23.9 Å². The fraction of sp³-hybridized carbons (Fsp3) is 0.105. The van der Waals surface area contributed by atoms with Gasteiger partial charge in [-0.25, -0.2) is 0 Å². The fourth-order valence-electron chi connectivity index (χ4n) is 2.26. The third-order valence-corrected chi connectivity index (χ3v) is 6.27. The van der Waals surface area contributed by atoms with E-state index in [-0.39, 0.29) is 12.3 Å². The van der Waals surface area contributed by atoms with Crippen molar-refractivity contribution in [2.45, 2.75) is 11.4 Å². The minimum absolute atomic E-state index is 0.0287. The number of anilines is 1. The molecule has 0 aliphatic carbocycles. The highest BCUT2D eigenvalue weighted by Gasteiger charge is 2.16. The highest BCUT2D eigenvalue weighted by Crippen LogP contribution is 2.22. The minimum Gasteiger partial charge on any atom is -0.343 e. The number of carbonyl (C=O) groups excluding carboxylic acids is 3. The van der Waals surface area contributed by atoms with Crippen LogP contribution in [0.25, 0.3) is 0 Å². The molecule has 2 heterocycles. The van der Waals surface area contributed by atoms with E-state index < -0.39 is 11.8 Å². The summed E-state index contributed by atoms with van der Waals surface area (Å²) >= 11 is 4.26. The molecule has 0 spiro atoms. The summed E-state index contributed by atoms with van der Waals surface area (Å²) in [6.45, 7) is 0.194. The van der Waals surface area contributed by atoms with Crippen LogP contribution in [0.2, 0.25) is 0 Å². The largest absolute Gasteiger partial charge is 0.343 e. The van der Waals surface area contributed by atoms with Crippen LogP contribution in [0.5, 0.6) is 0 Å². The van der Waals surface area contributed by atoms with E-state index in [1.165, 1.54) is 22.7 Å². The third kappa shape index (κ3) is 5.06. The lowest BCUT2D eigenvalue weighted by molar-refractivity contribution is -0.136. The quantitative estimate of drug-likeness (QED) is 0.362. The van der Waals surface area contributed by atoms with Gasteiger partial charge in [0.25, 0.3) is 0 Å². The highest BCUT2D eigenvalue weighted by molar-refractivity contribution is 7.98. The first-order valence-electron chi connectivity index (χ1n) is 7.97. The molecule has 0 saturated heterocycles. The van der Waals surface area contributed by atoms with Gasteiger partial charge in [-0.2, -0.15) is 0 Å². The van der Waals surface area contributed by atoms with Crippen molar-refractivity contribution < 1.29 is 14.4 Å². The summed E-state index contributed by atoms with van der Waals surface area (Å²) in [5.74, 6) is -1.47. The molecular formula is C19H16N2O3S3. The average molecular weight is 417 g/mol. The summed E-state index contributed by atoms with van der Waals surface area (Å²) in [5, 5.41) is 7.02. The van der Waals surface area contributed by atoms with E-state index in [4.69, 9.17) is 0 Å². The second-order valence-corrected chi connectivity index (χ2v) is 8.44. The molecule has 0 aliphatic heterocycles. The standard InChI is InChI=1S/C19H16N2O3S3/c1-25-13-5-2-4-12(10-13)21-19(24)18(23)20-11-14-7-8-16(27-14)17(22)15-6-3-9-26-15/h2-10H,11H2,1H3,(H,20,23)(H,21,24). The Balaban J connectivity index is 1.54. The number of benzene rings is 1. The van der Waals surface area contributed by atoms with E-state index in [9.17, 15) is 14.4 Å². The van der Waals surface area contributed by atoms with Gasteiger partial charge < -0.3 is 10.6 Å². The smallest absolute Gasteiger partial charge is 0.313 e. The zero-order valence-electron chi connectivity index (χ0n) is 14.4. The molecule has 8 heteroatoms. The monoisotopic (exact) mass is 416 g/mol. The van der Waals surface area contributed by atoms with Crippen molar-refractivity contribution in [3.8, 4) is 0 Å². The van der Waals surface area contributed by atoms with Crippen molar-refractivity contribution in [2.24, 2.45) is 0 Å². The van der Waals surface area contributed by atoms with Crippen molar-refractivity contribution in [1.29, 1.82) is 0 Å². The molecule has 5 nitrogen and oxygen atoms in total. The molecule has 0 fully saturated rings. The molecule has 3 rings (SSSR count). The molecule has 0 radical (unpaired) electrons. The van der Waals surface area contributed by atoms with E-state index >= 15 is 0 Å². The van der Waals surface area contributed by atoms with Crippen molar-refractivity contribution in [2.75, 3.05) is 11.6 Å². The highest BCUT2D eigenvalue weighted by atomic mass is 32.2. The maximum Gasteiger partial charge on any atom is 0.313 e. The molecule has 2 aromatic heterocycles. The average Bonchev–Trinajstić information content (AvgIpc) is 3.37. The van der Waals surface area contributed by atoms with Crippen molar-refractivity contribution >= 4 is 57.7 Å². The van der Waals surface area contributed by atoms with E-state index in [1.54, 1.807) is 42.1 Å². The molecule has 1 aromatic carbocycles. The van der Waals surface area contributed by atoms with Gasteiger partial charge in [0.1, 0.15) is 0 Å². The number of thioether (sulfide) groups is 1. The summed E-state index contributed by atoms with van der Waals surface area (Å²) in [5.41, 5.74) is 0.571. The molecule has 0 aliphatic rings. The van der Waals surface area contributed by atoms with Crippen molar-refractivity contribution in [1.82, 2.24) is 5.32 Å². The van der Waals surface area contributed by atoms with Gasteiger partial charge in [0.05, 0.1) is 16.3 Å². The zero-order chi connectivity index (χ0) is 19.2. The number of hydrogen-bond donors (Lipinski definition) is 2. The number of rotatable bonds is 6. The number of nitrogens with one attached hydrogen (secondary N) is 2. The Morgan fingerprint density at radius 1 is 1.00 bits per heavy atom. The van der Waals surface area contributed by atoms with Crippen LogP contribution in [0.3, 0.4) is 0 Å². The van der Waals surface area contributed by atoms with Crippen molar-refractivity contribution in [3.05, 3.63) is 68.5 Å². The molecule has 0 saturated carbocycles. The van der Waals surface area contributed by atoms with Gasteiger partial charge in [0.2, 0.25) is 5.78 Å². The maximum absolute atomic E-state index is 12.3. The molecule has 2 amide bonds. The molecule has 138 valence electrons. The van der Waals surface area contributed by atoms with Crippen LogP contribution in [0, 0.1) is 0 Å². The molecular weight excluding hydrogens is 400 g/mol. The first-order chi connectivity index (χ1) is 13.1. The Kier molecular flexibility index (Phi) is 6.44. The summed E-state index contributed by atoms with van der Waals surface area (Å²) < 4.78 is 0. The summed E-state index contributed by atoms with van der Waals surface area (Å²) in [4.78, 5) is 39.4. The second-order valence-electron chi connectivity index (χ2n) is 5.44. The Labute approximate surface area is 168 Å². The van der Waals surface area contributed by atoms with Gasteiger partial charge in [-0.3, -0.25) is 14.4 Å². The number of ketones is 1. The number of hydrogen-bond acceptors (Lipinski definition) is 6. The maximum atomic E-state index is 12.3. The number of amides is 2. The SMILES string of the molecule is CSc1cccc(NC(=O)C(=O)NCc2ccc(C(=O)c3cccs3)s2)c1. The Bertz CT molecular complexity index is 964. The van der Waals surface area contributed by atoms with Crippen LogP contribution in [-0.2, 0) is 16.1 Å². The van der Waals surface area contributed by atoms with Crippen LogP contribution in [0.15, 0.2) is 58.8 Å². The summed E-state index contributed by atoms with van der Waals surface area (Å²) in [7, 11) is 0. The lowest BCUT2D eigenvalue weighted by Crippen LogP contribution is -2.34. The van der Waals surface area contributed by atoms with Crippen LogP contribution in [0.4, 0.5) is 5.69 Å². The third-order valence-electron chi connectivity index (χ3n) is 3.59. The van der Waals surface area contributed by atoms with E-state index in [1.807, 2.05) is 29.8 Å². The molecule has 27 heavy (non-hydrogen) atoms. The Morgan fingerprint density at radius 2 is 1.85 bits per heavy atom. The minimum atomic E-state index is -0.723. The molecule has 0 bridgehead atoms. The molecule has 3 aromatic rings. The van der Waals surface area contributed by atoms with Gasteiger partial charge in [0, 0.05) is 15.5 Å². The molecule has 2 N–H and O–H groups in total. The van der Waals surface area contributed by atoms with E-state index in [2.05, 4.69) is 10.6 Å². The van der Waals surface area contributed by atoms with Crippen LogP contribution < -0.4 is 10.6 Å². The summed E-state index contributed by atoms with van der Waals surface area (Å²) in [6.07, 6.45) is 1.94. The van der Waals surface area contributed by atoms with E-state index in [0.717, 1.165) is 9.77 Å². The van der Waals surface area contributed by atoms with Crippen LogP contribution >= 0.6 is 34.4 Å². The summed E-state index contributed by atoms with van der Waals surface area (Å²) in [6, 6.07) is 14.4. The molecule has 0 atom stereocenters. The molecule has 0 unspecified atom stereocenters. The Morgan fingerprint density at radius 3 is 2.59 bits per heavy atom. The van der Waals surface area contributed by atoms with Crippen LogP contribution in [0.1, 0.15) is 19.4 Å². The predicted molar refractivity (Wildman–Crippen MR) is 111 cm³/mol. The van der Waals surface area contributed by atoms with Crippen molar-refractivity contribution in [3.63, 3.8) is 0 Å². The first-order valence-corrected chi connectivity index (χ1v) is 10.9. The fourth-order valence-corrected chi connectivity index (χ4v) is 4.36. The van der Waals surface area contributed by atoms with E-state index in [0.29, 0.717) is 15.4 Å². The second kappa shape index (κ2) is 8.98. The van der Waals surface area contributed by atoms with Gasteiger partial charge in [0.15, 0.2) is 0 Å². The number of carbonyl (C=O) groups is 3. The zero-order valence-corrected chi connectivity index (χ0v) is 16.8. The normalized spacial score (nSPS) is 10.4. The lowest BCUT2D eigenvalue weighted by atomic mass is 10.3. The lowest BCUT2D eigenvalue weighted by Gasteiger charge is -2.06. The van der Waals surface area contributed by atoms with Gasteiger partial charge in [-0.05, 0) is 48.0 Å². The van der Waals surface area contributed by atoms with Gasteiger partial charge in [-0.15, -0.1) is 34.4 Å². The Hall–Kier alpha value is -2.42. The van der Waals surface area contributed by atoms with Gasteiger partial charge in [-0.1, -0.05) is 12.1 Å². The van der Waals surface area contributed by atoms with Gasteiger partial charge >= 0.3 is 11.8 Å².